The third-order valence-corrected chi connectivity index (χ3v) is 3.73. The molecule has 0 aliphatic carbocycles. The summed E-state index contributed by atoms with van der Waals surface area (Å²) in [5.41, 5.74) is 1.92. The maximum atomic E-state index is 4.12. The van der Waals surface area contributed by atoms with Crippen molar-refractivity contribution in [1.82, 2.24) is 10.3 Å². The second kappa shape index (κ2) is 8.13. The van der Waals surface area contributed by atoms with Crippen LogP contribution in [0, 0.1) is 0 Å². The van der Waals surface area contributed by atoms with Crippen LogP contribution in [0.25, 0.3) is 0 Å². The van der Waals surface area contributed by atoms with Gasteiger partial charge in [-0.2, -0.15) is 11.8 Å². The number of thioether (sulfide) groups is 1. The Morgan fingerprint density at radius 3 is 3.07 bits per heavy atom. The fraction of sp³-hybridized carbons (Fsp3) is 0.727. The van der Waals surface area contributed by atoms with E-state index in [1.807, 2.05) is 23.5 Å². The second-order valence-corrected chi connectivity index (χ2v) is 5.56. The normalized spacial score (nSPS) is 12.9. The zero-order chi connectivity index (χ0) is 10.9. The van der Waals surface area contributed by atoms with Crippen molar-refractivity contribution in [1.29, 1.82) is 0 Å². The Morgan fingerprint density at radius 2 is 2.47 bits per heavy atom. The third kappa shape index (κ3) is 5.54. The van der Waals surface area contributed by atoms with Crippen molar-refractivity contribution < 1.29 is 0 Å². The molecule has 0 spiro atoms. The summed E-state index contributed by atoms with van der Waals surface area (Å²) in [6.07, 6.45) is 7.75. The van der Waals surface area contributed by atoms with Gasteiger partial charge in [0.05, 0.1) is 5.51 Å². The molecule has 0 aliphatic rings. The average molecular weight is 244 g/mol. The monoisotopic (exact) mass is 244 g/mol. The predicted octanol–water partition coefficient (Wildman–Crippen LogP) is 2.81. The van der Waals surface area contributed by atoms with Crippen molar-refractivity contribution in [3.05, 3.63) is 16.6 Å². The molecule has 0 aliphatic heterocycles. The first-order valence-corrected chi connectivity index (χ1v) is 7.73. The summed E-state index contributed by atoms with van der Waals surface area (Å²) in [6, 6.07) is 0.623. The molecule has 0 bridgehead atoms. The molecule has 1 aromatic heterocycles. The number of thiazole rings is 1. The van der Waals surface area contributed by atoms with E-state index in [2.05, 4.69) is 23.5 Å². The highest BCUT2D eigenvalue weighted by Crippen LogP contribution is 2.12. The molecule has 0 saturated heterocycles. The van der Waals surface area contributed by atoms with Crippen LogP contribution in [0.15, 0.2) is 11.7 Å². The van der Waals surface area contributed by atoms with E-state index in [4.69, 9.17) is 0 Å². The average Bonchev–Trinajstić information content (AvgIpc) is 2.74. The van der Waals surface area contributed by atoms with Gasteiger partial charge < -0.3 is 5.32 Å². The maximum absolute atomic E-state index is 4.12. The predicted molar refractivity (Wildman–Crippen MR) is 70.9 cm³/mol. The van der Waals surface area contributed by atoms with Crippen LogP contribution in [0.4, 0.5) is 0 Å². The molecule has 1 unspecified atom stereocenters. The van der Waals surface area contributed by atoms with E-state index in [1.165, 1.54) is 23.5 Å². The highest BCUT2D eigenvalue weighted by Gasteiger charge is 2.09. The second-order valence-electron chi connectivity index (χ2n) is 3.60. The molecule has 0 saturated carbocycles. The van der Waals surface area contributed by atoms with Gasteiger partial charge in [-0.1, -0.05) is 6.92 Å². The van der Waals surface area contributed by atoms with Crippen molar-refractivity contribution in [2.45, 2.75) is 32.2 Å². The molecule has 0 radical (unpaired) electrons. The molecule has 4 heteroatoms. The van der Waals surface area contributed by atoms with Crippen LogP contribution in [0.2, 0.25) is 0 Å². The van der Waals surface area contributed by atoms with E-state index in [-0.39, 0.29) is 0 Å². The van der Waals surface area contributed by atoms with Crippen molar-refractivity contribution in [2.24, 2.45) is 0 Å². The highest BCUT2D eigenvalue weighted by atomic mass is 32.2. The lowest BCUT2D eigenvalue weighted by atomic mass is 10.1. The number of aromatic nitrogens is 1. The van der Waals surface area contributed by atoms with E-state index < -0.39 is 0 Å². The Balaban J connectivity index is 2.33. The topological polar surface area (TPSA) is 24.9 Å². The van der Waals surface area contributed by atoms with Gasteiger partial charge in [0, 0.05) is 17.1 Å². The minimum atomic E-state index is 0.623. The smallest absolute Gasteiger partial charge is 0.0794 e. The van der Waals surface area contributed by atoms with Gasteiger partial charge in [-0.05, 0) is 37.8 Å². The largest absolute Gasteiger partial charge is 0.314 e. The van der Waals surface area contributed by atoms with Crippen LogP contribution in [0.3, 0.4) is 0 Å². The molecule has 1 heterocycles. The standard InChI is InChI=1S/C11H20N2S2/c1-3-5-13-10(4-6-14-2)7-11-8-12-9-15-11/h8-10,13H,3-7H2,1-2H3. The Kier molecular flexibility index (Phi) is 7.05. The lowest BCUT2D eigenvalue weighted by Gasteiger charge is -2.16. The van der Waals surface area contributed by atoms with E-state index >= 15 is 0 Å². The highest BCUT2D eigenvalue weighted by molar-refractivity contribution is 7.98. The van der Waals surface area contributed by atoms with Crippen molar-refractivity contribution in [3.63, 3.8) is 0 Å². The Bertz CT molecular complexity index is 229. The van der Waals surface area contributed by atoms with Gasteiger partial charge in [-0.15, -0.1) is 11.3 Å². The van der Waals surface area contributed by atoms with Gasteiger partial charge in [0.2, 0.25) is 0 Å². The molecule has 0 fully saturated rings. The summed E-state index contributed by atoms with van der Waals surface area (Å²) < 4.78 is 0. The minimum Gasteiger partial charge on any atom is -0.314 e. The summed E-state index contributed by atoms with van der Waals surface area (Å²) in [4.78, 5) is 5.51. The van der Waals surface area contributed by atoms with Crippen LogP contribution < -0.4 is 5.32 Å². The Hall–Kier alpha value is -0.0600. The van der Waals surface area contributed by atoms with Gasteiger partial charge in [0.15, 0.2) is 0 Å². The molecule has 0 amide bonds. The number of nitrogens with zero attached hydrogens (tertiary/aromatic N) is 1. The van der Waals surface area contributed by atoms with Gasteiger partial charge in [-0.3, -0.25) is 4.98 Å². The van der Waals surface area contributed by atoms with Crippen LogP contribution in [-0.4, -0.2) is 29.6 Å². The first-order valence-electron chi connectivity index (χ1n) is 5.46. The molecule has 86 valence electrons. The Labute approximate surface area is 101 Å². The summed E-state index contributed by atoms with van der Waals surface area (Å²) in [5, 5.41) is 3.61. The van der Waals surface area contributed by atoms with Crippen molar-refractivity contribution in [2.75, 3.05) is 18.6 Å². The zero-order valence-electron chi connectivity index (χ0n) is 9.53. The van der Waals surface area contributed by atoms with Gasteiger partial charge >= 0.3 is 0 Å². The van der Waals surface area contributed by atoms with E-state index in [0.29, 0.717) is 6.04 Å². The molecule has 1 N–H and O–H groups in total. The molecule has 1 aromatic rings. The van der Waals surface area contributed by atoms with E-state index in [1.54, 1.807) is 11.3 Å². The first kappa shape index (κ1) is 13.0. The molecular formula is C11H20N2S2. The number of hydrogen-bond acceptors (Lipinski definition) is 4. The van der Waals surface area contributed by atoms with Gasteiger partial charge in [0.1, 0.15) is 0 Å². The summed E-state index contributed by atoms with van der Waals surface area (Å²) in [7, 11) is 0. The third-order valence-electron chi connectivity index (χ3n) is 2.28. The first-order chi connectivity index (χ1) is 7.36. The van der Waals surface area contributed by atoms with Crippen molar-refractivity contribution >= 4 is 23.1 Å². The van der Waals surface area contributed by atoms with Crippen LogP contribution in [0.5, 0.6) is 0 Å². The van der Waals surface area contributed by atoms with Crippen LogP contribution in [-0.2, 0) is 6.42 Å². The fourth-order valence-electron chi connectivity index (χ4n) is 1.47. The molecule has 15 heavy (non-hydrogen) atoms. The number of rotatable bonds is 8. The molecule has 2 nitrogen and oxygen atoms in total. The molecule has 0 aromatic carbocycles. The Morgan fingerprint density at radius 1 is 1.60 bits per heavy atom. The lowest BCUT2D eigenvalue weighted by molar-refractivity contribution is 0.500. The quantitative estimate of drug-likeness (QED) is 0.761. The molecular weight excluding hydrogens is 224 g/mol. The lowest BCUT2D eigenvalue weighted by Crippen LogP contribution is -2.32. The fourth-order valence-corrected chi connectivity index (χ4v) is 2.67. The van der Waals surface area contributed by atoms with E-state index in [9.17, 15) is 0 Å². The zero-order valence-corrected chi connectivity index (χ0v) is 11.2. The number of nitrogens with one attached hydrogen (secondary N) is 1. The SMILES string of the molecule is CCCNC(CCSC)Cc1cncs1. The van der Waals surface area contributed by atoms with Crippen molar-refractivity contribution in [3.8, 4) is 0 Å². The minimum absolute atomic E-state index is 0.623. The van der Waals surface area contributed by atoms with E-state index in [0.717, 1.165) is 13.0 Å². The summed E-state index contributed by atoms with van der Waals surface area (Å²) in [6.45, 7) is 3.34. The van der Waals surface area contributed by atoms with Gasteiger partial charge in [0.25, 0.3) is 0 Å². The van der Waals surface area contributed by atoms with Gasteiger partial charge in [-0.25, -0.2) is 0 Å². The molecule has 1 atom stereocenters. The van der Waals surface area contributed by atoms with Crippen LogP contribution in [0.1, 0.15) is 24.6 Å². The maximum Gasteiger partial charge on any atom is 0.0794 e. The number of hydrogen-bond donors (Lipinski definition) is 1. The van der Waals surface area contributed by atoms with Crippen LogP contribution >= 0.6 is 23.1 Å². The summed E-state index contributed by atoms with van der Waals surface area (Å²) >= 11 is 3.68. The summed E-state index contributed by atoms with van der Waals surface area (Å²) in [5.74, 6) is 1.24. The molecule has 1 rings (SSSR count).